The highest BCUT2D eigenvalue weighted by Crippen LogP contribution is 2.19. The van der Waals surface area contributed by atoms with Gasteiger partial charge in [-0.15, -0.1) is 0 Å². The van der Waals surface area contributed by atoms with E-state index >= 15 is 0 Å². The summed E-state index contributed by atoms with van der Waals surface area (Å²) in [7, 11) is 0. The quantitative estimate of drug-likeness (QED) is 0.438. The molecule has 1 heterocycles. The van der Waals surface area contributed by atoms with Crippen LogP contribution in [0.15, 0.2) is 29.4 Å². The van der Waals surface area contributed by atoms with Crippen molar-refractivity contribution < 1.29 is 9.50 Å². The Bertz CT molecular complexity index is 707. The summed E-state index contributed by atoms with van der Waals surface area (Å²) in [5.41, 5.74) is 1.25. The van der Waals surface area contributed by atoms with Crippen molar-refractivity contribution in [3.05, 3.63) is 35.8 Å². The molecule has 2 aromatic rings. The Morgan fingerprint density at radius 2 is 2.00 bits per heavy atom. The number of hydrogen-bond donors (Lipinski definition) is 4. The Balaban J connectivity index is 1.97. The third kappa shape index (κ3) is 5.19. The first-order valence-electron chi connectivity index (χ1n) is 9.01. The van der Waals surface area contributed by atoms with Crippen LogP contribution in [0.2, 0.25) is 0 Å². The van der Waals surface area contributed by atoms with E-state index in [4.69, 9.17) is 0 Å². The molecule has 5 nitrogen and oxygen atoms in total. The van der Waals surface area contributed by atoms with Crippen LogP contribution in [0.1, 0.15) is 39.2 Å². The van der Waals surface area contributed by atoms with Gasteiger partial charge in [0.25, 0.3) is 0 Å². The van der Waals surface area contributed by atoms with Crippen molar-refractivity contribution in [1.82, 2.24) is 15.6 Å². The van der Waals surface area contributed by atoms with Crippen LogP contribution < -0.4 is 10.6 Å². The number of halogens is 1. The van der Waals surface area contributed by atoms with Gasteiger partial charge in [0.1, 0.15) is 5.82 Å². The molecule has 25 heavy (non-hydrogen) atoms. The number of nitrogens with one attached hydrogen (secondary N) is 3. The van der Waals surface area contributed by atoms with Crippen molar-refractivity contribution >= 4 is 16.9 Å². The maximum absolute atomic E-state index is 13.4. The monoisotopic (exact) mass is 348 g/mol. The van der Waals surface area contributed by atoms with Crippen LogP contribution in [0.4, 0.5) is 4.39 Å². The topological polar surface area (TPSA) is 72.4 Å². The van der Waals surface area contributed by atoms with Crippen LogP contribution >= 0.6 is 0 Å². The zero-order valence-corrected chi connectivity index (χ0v) is 15.3. The van der Waals surface area contributed by atoms with Gasteiger partial charge in [-0.3, -0.25) is 4.99 Å². The Morgan fingerprint density at radius 1 is 1.24 bits per heavy atom. The van der Waals surface area contributed by atoms with Gasteiger partial charge in [-0.25, -0.2) is 4.39 Å². The first kappa shape index (κ1) is 19.2. The van der Waals surface area contributed by atoms with Gasteiger partial charge in [-0.05, 0) is 49.9 Å². The molecule has 4 N–H and O–H groups in total. The zero-order chi connectivity index (χ0) is 18.3. The number of guanidine groups is 1. The van der Waals surface area contributed by atoms with Crippen molar-refractivity contribution in [3.8, 4) is 0 Å². The van der Waals surface area contributed by atoms with E-state index in [1.165, 1.54) is 6.07 Å². The molecule has 0 unspecified atom stereocenters. The molecular weight excluding hydrogens is 319 g/mol. The molecule has 1 aromatic carbocycles. The normalized spacial score (nSPS) is 12.6. The van der Waals surface area contributed by atoms with E-state index in [2.05, 4.69) is 20.6 Å². The third-order valence-corrected chi connectivity index (χ3v) is 4.61. The van der Waals surface area contributed by atoms with Crippen LogP contribution in [0.5, 0.6) is 0 Å². The first-order valence-corrected chi connectivity index (χ1v) is 9.01. The van der Waals surface area contributed by atoms with Gasteiger partial charge < -0.3 is 20.7 Å². The number of H-pyrrole nitrogens is 1. The summed E-state index contributed by atoms with van der Waals surface area (Å²) >= 11 is 0. The Labute approximate surface area is 148 Å². The van der Waals surface area contributed by atoms with Crippen molar-refractivity contribution in [3.63, 3.8) is 0 Å². The minimum Gasteiger partial charge on any atom is -0.388 e. The molecule has 0 bridgehead atoms. The fourth-order valence-electron chi connectivity index (χ4n) is 2.71. The molecule has 0 saturated carbocycles. The van der Waals surface area contributed by atoms with Crippen LogP contribution in [-0.2, 0) is 6.42 Å². The fourth-order valence-corrected chi connectivity index (χ4v) is 2.71. The summed E-state index contributed by atoms with van der Waals surface area (Å²) < 4.78 is 13.4. The minimum atomic E-state index is -0.753. The molecule has 0 atom stereocenters. The molecule has 0 aliphatic rings. The highest BCUT2D eigenvalue weighted by molar-refractivity contribution is 5.83. The third-order valence-electron chi connectivity index (χ3n) is 4.61. The van der Waals surface area contributed by atoms with E-state index < -0.39 is 5.60 Å². The number of fused-ring (bicyclic) bond motifs is 1. The summed E-state index contributed by atoms with van der Waals surface area (Å²) in [6.07, 6.45) is 4.02. The maximum Gasteiger partial charge on any atom is 0.191 e. The summed E-state index contributed by atoms with van der Waals surface area (Å²) in [5, 5.41) is 17.7. The Morgan fingerprint density at radius 3 is 2.68 bits per heavy atom. The largest absolute Gasteiger partial charge is 0.388 e. The molecule has 0 fully saturated rings. The Hall–Kier alpha value is -2.08. The molecule has 138 valence electrons. The number of benzene rings is 1. The van der Waals surface area contributed by atoms with Crippen LogP contribution in [0.25, 0.3) is 10.9 Å². The van der Waals surface area contributed by atoms with Gasteiger partial charge in [-0.1, -0.05) is 13.8 Å². The SMILES string of the molecule is CCNC(=NCC(O)(CC)CC)NCCc1c[nH]c2ccc(F)cc12. The number of aromatic amines is 1. The maximum atomic E-state index is 13.4. The molecular formula is C19H29FN4O. The van der Waals surface area contributed by atoms with E-state index in [0.29, 0.717) is 31.9 Å². The van der Waals surface area contributed by atoms with E-state index in [1.807, 2.05) is 27.0 Å². The molecule has 0 spiro atoms. The molecule has 0 aliphatic carbocycles. The first-order chi connectivity index (χ1) is 12.0. The lowest BCUT2D eigenvalue weighted by molar-refractivity contribution is 0.0418. The number of hydrogen-bond acceptors (Lipinski definition) is 2. The van der Waals surface area contributed by atoms with Gasteiger partial charge in [0, 0.05) is 30.2 Å². The summed E-state index contributed by atoms with van der Waals surface area (Å²) in [6, 6.07) is 4.77. The molecule has 1 aromatic heterocycles. The molecule has 0 saturated heterocycles. The number of aromatic nitrogens is 1. The summed E-state index contributed by atoms with van der Waals surface area (Å²) in [5.74, 6) is 0.462. The van der Waals surface area contributed by atoms with Crippen molar-refractivity contribution in [2.45, 2.75) is 45.6 Å². The smallest absolute Gasteiger partial charge is 0.191 e. The molecule has 6 heteroatoms. The number of nitrogens with zero attached hydrogens (tertiary/aromatic N) is 1. The molecule has 2 rings (SSSR count). The minimum absolute atomic E-state index is 0.227. The van der Waals surface area contributed by atoms with E-state index in [1.54, 1.807) is 12.1 Å². The molecule has 0 aliphatic heterocycles. The number of rotatable bonds is 8. The highest BCUT2D eigenvalue weighted by Gasteiger charge is 2.21. The van der Waals surface area contributed by atoms with Crippen LogP contribution in [0, 0.1) is 5.82 Å². The van der Waals surface area contributed by atoms with E-state index in [-0.39, 0.29) is 5.82 Å². The van der Waals surface area contributed by atoms with Gasteiger partial charge in [0.05, 0.1) is 12.1 Å². The lowest BCUT2D eigenvalue weighted by Gasteiger charge is -2.23. The number of aliphatic imine (C=N–C) groups is 1. The van der Waals surface area contributed by atoms with E-state index in [0.717, 1.165) is 29.4 Å². The predicted molar refractivity (Wildman–Crippen MR) is 101 cm³/mol. The lowest BCUT2D eigenvalue weighted by Crippen LogP contribution is -2.40. The fraction of sp³-hybridized carbons (Fsp3) is 0.526. The van der Waals surface area contributed by atoms with Crippen LogP contribution in [0.3, 0.4) is 0 Å². The van der Waals surface area contributed by atoms with Gasteiger partial charge >= 0.3 is 0 Å². The zero-order valence-electron chi connectivity index (χ0n) is 15.3. The molecule has 0 amide bonds. The lowest BCUT2D eigenvalue weighted by atomic mass is 9.98. The average molecular weight is 348 g/mol. The van der Waals surface area contributed by atoms with Gasteiger partial charge in [0.15, 0.2) is 5.96 Å². The Kier molecular flexibility index (Phi) is 6.82. The number of aliphatic hydroxyl groups is 1. The van der Waals surface area contributed by atoms with Crippen LogP contribution in [-0.4, -0.2) is 41.3 Å². The second-order valence-corrected chi connectivity index (χ2v) is 6.31. The van der Waals surface area contributed by atoms with E-state index in [9.17, 15) is 9.50 Å². The molecule has 0 radical (unpaired) electrons. The summed E-state index contributed by atoms with van der Waals surface area (Å²) in [4.78, 5) is 7.66. The van der Waals surface area contributed by atoms with Crippen molar-refractivity contribution in [2.75, 3.05) is 19.6 Å². The second kappa shape index (κ2) is 8.85. The standard InChI is InChI=1S/C19H29FN4O/c1-4-19(25,5-2)13-24-18(21-6-3)22-10-9-14-12-23-17-8-7-15(20)11-16(14)17/h7-8,11-12,23,25H,4-6,9-10,13H2,1-3H3,(H2,21,22,24). The second-order valence-electron chi connectivity index (χ2n) is 6.31. The van der Waals surface area contributed by atoms with Crippen molar-refractivity contribution in [1.29, 1.82) is 0 Å². The average Bonchev–Trinajstić information content (AvgIpc) is 3.01. The highest BCUT2D eigenvalue weighted by atomic mass is 19.1. The predicted octanol–water partition coefficient (Wildman–Crippen LogP) is 2.96. The van der Waals surface area contributed by atoms with Gasteiger partial charge in [-0.2, -0.15) is 0 Å². The van der Waals surface area contributed by atoms with Gasteiger partial charge in [0.2, 0.25) is 0 Å². The van der Waals surface area contributed by atoms with Crippen molar-refractivity contribution in [2.24, 2.45) is 4.99 Å². The summed E-state index contributed by atoms with van der Waals surface area (Å²) in [6.45, 7) is 7.73.